The molecule has 0 aliphatic carbocycles. The number of aliphatic hydroxyl groups excluding tert-OH is 1. The second-order valence-corrected chi connectivity index (χ2v) is 7.43. The Labute approximate surface area is 197 Å². The number of aromatic nitrogens is 2. The van der Waals surface area contributed by atoms with Gasteiger partial charge in [-0.25, -0.2) is 0 Å². The molecule has 0 unspecified atom stereocenters. The topological polar surface area (TPSA) is 187 Å². The van der Waals surface area contributed by atoms with E-state index in [1.807, 2.05) is 0 Å². The summed E-state index contributed by atoms with van der Waals surface area (Å²) in [4.78, 5) is 35.6. The number of rotatable bonds is 5. The molecule has 0 radical (unpaired) electrons. The summed E-state index contributed by atoms with van der Waals surface area (Å²) in [6.45, 7) is -0.133. The Morgan fingerprint density at radius 2 is 1.84 bits per heavy atom. The molecule has 3 aromatic rings. The molecule has 1 heterocycles. The molecule has 3 rings (SSSR count). The maximum Gasteiger partial charge on any atom is 0.294 e. The first-order valence-electron chi connectivity index (χ1n) is 8.37. The van der Waals surface area contributed by atoms with Crippen LogP contribution in [-0.4, -0.2) is 39.7 Å². The molecule has 0 aliphatic rings. The third kappa shape index (κ3) is 13.1. The molecule has 6 N–H and O–H groups in total. The molecule has 0 saturated heterocycles. The van der Waals surface area contributed by atoms with Crippen molar-refractivity contribution in [3.63, 3.8) is 0 Å². The van der Waals surface area contributed by atoms with E-state index in [4.69, 9.17) is 16.6 Å². The van der Waals surface area contributed by atoms with Gasteiger partial charge in [0.2, 0.25) is 11.0 Å². The van der Waals surface area contributed by atoms with E-state index in [0.29, 0.717) is 25.8 Å². The van der Waals surface area contributed by atoms with E-state index in [1.165, 1.54) is 23.5 Å². The highest BCUT2D eigenvalue weighted by Gasteiger charge is 2.01. The van der Waals surface area contributed by atoms with Crippen LogP contribution in [0.1, 0.15) is 26.3 Å². The monoisotopic (exact) mass is 499 g/mol. The second kappa shape index (κ2) is 16.4. The summed E-state index contributed by atoms with van der Waals surface area (Å²) in [5, 5.41) is 22.6. The number of aldehydes is 1. The zero-order valence-electron chi connectivity index (χ0n) is 16.7. The number of carbonyl (C=O) groups excluding carboxylic acids is 2. The largest absolute Gasteiger partial charge is 0.400 e. The quantitative estimate of drug-likeness (QED) is 0.116. The molecule has 11 nitrogen and oxygen atoms in total. The van der Waals surface area contributed by atoms with Crippen molar-refractivity contribution in [1.82, 2.24) is 10.2 Å². The predicted octanol–water partition coefficient (Wildman–Crippen LogP) is 2.67. The van der Waals surface area contributed by atoms with Gasteiger partial charge in [-0.05, 0) is 42.0 Å². The first-order valence-corrected chi connectivity index (χ1v) is 10.0. The lowest BCUT2D eigenvalue weighted by molar-refractivity contribution is -0.763. The third-order valence-electron chi connectivity index (χ3n) is 3.06. The van der Waals surface area contributed by atoms with Gasteiger partial charge in [0.1, 0.15) is 12.9 Å². The van der Waals surface area contributed by atoms with E-state index >= 15 is 0 Å². The number of thiol groups is 1. The number of aliphatic hydroxyl groups is 1. The van der Waals surface area contributed by atoms with Gasteiger partial charge in [-0.2, -0.15) is 0 Å². The van der Waals surface area contributed by atoms with E-state index in [1.54, 1.807) is 36.4 Å². The zero-order valence-corrected chi connectivity index (χ0v) is 19.2. The second-order valence-electron chi connectivity index (χ2n) is 5.22. The van der Waals surface area contributed by atoms with Crippen molar-refractivity contribution in [2.75, 3.05) is 12.8 Å². The number of H-pyrrole nitrogens is 1. The standard InChI is InChI=1S/C8H8N2O4.C7H6OS.C2H3N3S2.CH4O/c9-8(11)7-3-1-6(2-4-7)5-14-10(12)13;8-5-6-1-3-7(9)4-2-6;3-1-4-5-2(6)7-1;1-2/h1-4H,5H2,(H2,9,11);1-5,9H;(H2,3,4)(H,5,6);2H,1H3. The summed E-state index contributed by atoms with van der Waals surface area (Å²) in [6.07, 6.45) is 0.813. The Balaban J connectivity index is 0.000000460. The first kappa shape index (κ1) is 28.7. The average molecular weight is 500 g/mol. The van der Waals surface area contributed by atoms with Crippen molar-refractivity contribution < 1.29 is 24.6 Å². The van der Waals surface area contributed by atoms with E-state index in [9.17, 15) is 19.7 Å². The van der Waals surface area contributed by atoms with Crippen LogP contribution >= 0.6 is 36.2 Å². The molecular weight excluding hydrogens is 478 g/mol. The number of aromatic amines is 1. The van der Waals surface area contributed by atoms with Crippen LogP contribution in [0.15, 0.2) is 53.4 Å². The molecule has 0 spiro atoms. The Kier molecular flexibility index (Phi) is 14.7. The number of nitrogens with one attached hydrogen (secondary N) is 1. The molecule has 172 valence electrons. The number of nitrogens with two attached hydrogens (primary N) is 2. The molecule has 2 aromatic carbocycles. The van der Waals surface area contributed by atoms with Gasteiger partial charge in [-0.1, -0.05) is 35.6 Å². The Morgan fingerprint density at radius 1 is 1.28 bits per heavy atom. The van der Waals surface area contributed by atoms with Gasteiger partial charge in [0.05, 0.1) is 0 Å². The molecule has 0 aliphatic heterocycles. The van der Waals surface area contributed by atoms with Crippen LogP contribution in [0.5, 0.6) is 0 Å². The lowest BCUT2D eigenvalue weighted by Crippen LogP contribution is -2.10. The summed E-state index contributed by atoms with van der Waals surface area (Å²) < 4.78 is 0.623. The lowest BCUT2D eigenvalue weighted by atomic mass is 10.1. The Bertz CT molecular complexity index is 1020. The molecule has 0 bridgehead atoms. The number of nitrogens with zero attached hydrogens (tertiary/aromatic N) is 2. The van der Waals surface area contributed by atoms with E-state index in [0.717, 1.165) is 18.3 Å². The highest BCUT2D eigenvalue weighted by atomic mass is 32.1. The fourth-order valence-electron chi connectivity index (χ4n) is 1.69. The number of anilines is 1. The van der Waals surface area contributed by atoms with Gasteiger partial charge in [0.15, 0.2) is 3.95 Å². The molecule has 0 atom stereocenters. The fourth-order valence-corrected chi connectivity index (χ4v) is 2.51. The van der Waals surface area contributed by atoms with Crippen LogP contribution < -0.4 is 11.5 Å². The SMILES string of the molecule is CO.NC(=O)c1ccc(CO[N+](=O)[O-])cc1.Nc1n[nH]c(=S)s1.O=Cc1ccc(S)cc1. The van der Waals surface area contributed by atoms with Crippen molar-refractivity contribution in [2.45, 2.75) is 11.5 Å². The molecule has 14 heteroatoms. The maximum atomic E-state index is 10.7. The fraction of sp³-hybridized carbons (Fsp3) is 0.111. The minimum atomic E-state index is -0.873. The van der Waals surface area contributed by atoms with Crippen molar-refractivity contribution >= 4 is 53.5 Å². The summed E-state index contributed by atoms with van der Waals surface area (Å²) in [5.74, 6) is -0.535. The average Bonchev–Trinajstić information content (AvgIpc) is 3.18. The van der Waals surface area contributed by atoms with Gasteiger partial charge in [0, 0.05) is 23.1 Å². The molecule has 1 aromatic heterocycles. The molecule has 32 heavy (non-hydrogen) atoms. The number of hydrogen-bond acceptors (Lipinski definition) is 11. The number of benzene rings is 2. The maximum absolute atomic E-state index is 10.7. The number of hydrogen-bond donors (Lipinski definition) is 5. The Hall–Kier alpha value is -3.33. The van der Waals surface area contributed by atoms with Gasteiger partial charge < -0.3 is 21.4 Å². The van der Waals surface area contributed by atoms with Gasteiger partial charge in [-0.15, -0.1) is 27.8 Å². The number of amides is 1. The van der Waals surface area contributed by atoms with Crippen LogP contribution in [0.3, 0.4) is 0 Å². The van der Waals surface area contributed by atoms with Crippen molar-refractivity contribution in [2.24, 2.45) is 5.73 Å². The van der Waals surface area contributed by atoms with Crippen LogP contribution in [-0.2, 0) is 11.4 Å². The molecule has 1 amide bonds. The van der Waals surface area contributed by atoms with Crippen molar-refractivity contribution in [3.8, 4) is 0 Å². The van der Waals surface area contributed by atoms with E-state index in [2.05, 4.69) is 39.9 Å². The van der Waals surface area contributed by atoms with Gasteiger partial charge in [-0.3, -0.25) is 14.7 Å². The highest BCUT2D eigenvalue weighted by molar-refractivity contribution is 7.80. The molecule has 0 saturated carbocycles. The number of carbonyl (C=O) groups is 2. The van der Waals surface area contributed by atoms with Crippen LogP contribution in [0.4, 0.5) is 5.13 Å². The zero-order chi connectivity index (χ0) is 24.5. The lowest BCUT2D eigenvalue weighted by Gasteiger charge is -2.00. The third-order valence-corrected chi connectivity index (χ3v) is 4.28. The highest BCUT2D eigenvalue weighted by Crippen LogP contribution is 2.06. The van der Waals surface area contributed by atoms with Crippen LogP contribution in [0.2, 0.25) is 0 Å². The van der Waals surface area contributed by atoms with E-state index in [-0.39, 0.29) is 6.61 Å². The molecule has 0 fully saturated rings. The summed E-state index contributed by atoms with van der Waals surface area (Å²) >= 11 is 9.98. The number of primary amides is 1. The summed E-state index contributed by atoms with van der Waals surface area (Å²) in [7, 11) is 1.00. The first-order chi connectivity index (χ1) is 15.2. The summed E-state index contributed by atoms with van der Waals surface area (Å²) in [6, 6.07) is 13.1. The smallest absolute Gasteiger partial charge is 0.294 e. The van der Waals surface area contributed by atoms with Crippen molar-refractivity contribution in [3.05, 3.63) is 79.3 Å². The minimum absolute atomic E-state index is 0.133. The van der Waals surface area contributed by atoms with E-state index < -0.39 is 11.0 Å². The summed E-state index contributed by atoms with van der Waals surface area (Å²) in [5.41, 5.74) is 11.8. The number of nitrogen functional groups attached to an aromatic ring is 1. The van der Waals surface area contributed by atoms with Gasteiger partial charge in [0.25, 0.3) is 5.09 Å². The molecular formula is C18H21N5O6S3. The normalized spacial score (nSPS) is 8.84. The van der Waals surface area contributed by atoms with Gasteiger partial charge >= 0.3 is 0 Å². The van der Waals surface area contributed by atoms with Crippen LogP contribution in [0.25, 0.3) is 0 Å². The predicted molar refractivity (Wildman–Crippen MR) is 126 cm³/mol. The minimum Gasteiger partial charge on any atom is -0.400 e. The van der Waals surface area contributed by atoms with Crippen LogP contribution in [0, 0.1) is 14.1 Å². The Morgan fingerprint density at radius 3 is 2.19 bits per heavy atom. The van der Waals surface area contributed by atoms with Crippen molar-refractivity contribution in [1.29, 1.82) is 0 Å².